The van der Waals surface area contributed by atoms with Gasteiger partial charge in [0.2, 0.25) is 12.1 Å². The summed E-state index contributed by atoms with van der Waals surface area (Å²) in [6.07, 6.45) is 4.51. The Morgan fingerprint density at radius 2 is 1.77 bits per heavy atom. The van der Waals surface area contributed by atoms with E-state index in [9.17, 15) is 4.79 Å². The van der Waals surface area contributed by atoms with Gasteiger partial charge >= 0.3 is 6.03 Å². The third-order valence-electron chi connectivity index (χ3n) is 9.09. The van der Waals surface area contributed by atoms with E-state index in [0.29, 0.717) is 17.6 Å². The third-order valence-corrected chi connectivity index (χ3v) is 9.09. The number of benzene rings is 2. The van der Waals surface area contributed by atoms with Gasteiger partial charge in [-0.1, -0.05) is 19.9 Å². The Morgan fingerprint density at radius 3 is 2.52 bits per heavy atom. The zero-order valence-corrected chi connectivity index (χ0v) is 23.8. The Labute approximate surface area is 235 Å². The van der Waals surface area contributed by atoms with E-state index in [1.807, 2.05) is 57.2 Å². The van der Waals surface area contributed by atoms with E-state index >= 15 is 0 Å². The third kappa shape index (κ3) is 5.00. The van der Waals surface area contributed by atoms with Crippen molar-refractivity contribution in [3.63, 3.8) is 0 Å². The minimum absolute atomic E-state index is 0.0852. The summed E-state index contributed by atoms with van der Waals surface area (Å²) in [6, 6.07) is 13.0. The zero-order valence-electron chi connectivity index (χ0n) is 23.8. The molecule has 2 aromatic carbocycles. The van der Waals surface area contributed by atoms with Crippen LogP contribution in [0.2, 0.25) is 0 Å². The molecule has 2 aromatic rings. The number of hydrogen-bond acceptors (Lipinski definition) is 7. The maximum Gasteiger partial charge on any atom is 0.339 e. The molecule has 8 atom stereocenters. The van der Waals surface area contributed by atoms with Crippen LogP contribution in [0, 0.1) is 37.5 Å². The summed E-state index contributed by atoms with van der Waals surface area (Å²) >= 11 is 0. The molecule has 0 radical (unpaired) electrons. The molecule has 4 saturated heterocycles. The van der Waals surface area contributed by atoms with Crippen molar-refractivity contribution in [1.82, 2.24) is 5.43 Å². The molecule has 40 heavy (non-hydrogen) atoms. The van der Waals surface area contributed by atoms with Crippen molar-refractivity contribution in [2.24, 2.45) is 28.8 Å². The highest BCUT2D eigenvalue weighted by Crippen LogP contribution is 2.60. The minimum atomic E-state index is -0.812. The van der Waals surface area contributed by atoms with Crippen LogP contribution in [-0.2, 0) is 19.2 Å². The summed E-state index contributed by atoms with van der Waals surface area (Å²) < 4.78 is 19.3. The highest BCUT2D eigenvalue weighted by Gasteiger charge is 2.69. The van der Waals surface area contributed by atoms with E-state index in [1.54, 1.807) is 6.21 Å². The van der Waals surface area contributed by atoms with Gasteiger partial charge in [-0.3, -0.25) is 0 Å². The Bertz CT molecular complexity index is 1260. The van der Waals surface area contributed by atoms with Crippen LogP contribution in [-0.4, -0.2) is 36.2 Å². The van der Waals surface area contributed by atoms with Gasteiger partial charge in [-0.2, -0.15) is 5.10 Å². The summed E-state index contributed by atoms with van der Waals surface area (Å²) in [4.78, 5) is 24.3. The van der Waals surface area contributed by atoms with E-state index < -0.39 is 30.0 Å². The van der Waals surface area contributed by atoms with E-state index in [2.05, 4.69) is 35.8 Å². The van der Waals surface area contributed by atoms with Crippen molar-refractivity contribution in [1.29, 1.82) is 0 Å². The molecule has 1 aliphatic carbocycles. The monoisotopic (exact) mass is 549 g/mol. The molecule has 9 heteroatoms. The summed E-state index contributed by atoms with van der Waals surface area (Å²) in [5.41, 5.74) is 5.61. The average molecular weight is 550 g/mol. The molecule has 7 rings (SSSR count). The maximum absolute atomic E-state index is 12.2. The quantitative estimate of drug-likeness (QED) is 0.268. The number of urea groups is 1. The predicted molar refractivity (Wildman–Crippen MR) is 150 cm³/mol. The fourth-order valence-corrected chi connectivity index (χ4v) is 7.14. The fourth-order valence-electron chi connectivity index (χ4n) is 7.14. The number of amides is 2. The summed E-state index contributed by atoms with van der Waals surface area (Å²) in [5, 5.41) is 6.86. The minimum Gasteiger partial charge on any atom is -0.465 e. The topological polar surface area (TPSA) is 99.6 Å². The Kier molecular flexibility index (Phi) is 7.11. The number of carbonyl (C=O) groups is 1. The Balaban J connectivity index is 1.09. The number of rotatable bonds is 5. The molecule has 5 fully saturated rings. The molecule has 1 spiro atoms. The van der Waals surface area contributed by atoms with Crippen molar-refractivity contribution in [3.8, 4) is 5.75 Å². The first kappa shape index (κ1) is 27.2. The van der Waals surface area contributed by atoms with E-state index in [4.69, 9.17) is 24.0 Å². The molecule has 1 unspecified atom stereocenters. The lowest BCUT2D eigenvalue weighted by atomic mass is 9.58. The Morgan fingerprint density at radius 1 is 1.02 bits per heavy atom. The molecular formula is C31H39N3O6. The number of hydrazone groups is 1. The highest BCUT2D eigenvalue weighted by atomic mass is 17.3. The second-order valence-electron chi connectivity index (χ2n) is 12.2. The van der Waals surface area contributed by atoms with Crippen LogP contribution in [0.25, 0.3) is 0 Å². The number of nitrogens with one attached hydrogen (secondary N) is 2. The van der Waals surface area contributed by atoms with Gasteiger partial charge in [-0.05, 0) is 105 Å². The van der Waals surface area contributed by atoms with Crippen LogP contribution >= 0.6 is 0 Å². The van der Waals surface area contributed by atoms with E-state index in [1.165, 1.54) is 0 Å². The lowest BCUT2D eigenvalue weighted by molar-refractivity contribution is -0.575. The van der Waals surface area contributed by atoms with Crippen LogP contribution in [0.1, 0.15) is 63.1 Å². The Hall–Kier alpha value is -2.98. The summed E-state index contributed by atoms with van der Waals surface area (Å²) in [7, 11) is 0. The van der Waals surface area contributed by atoms with Crippen molar-refractivity contribution in [3.05, 3.63) is 59.2 Å². The average Bonchev–Trinajstić information content (AvgIpc) is 3.13. The number of aryl methyl sites for hydroxylation is 2. The molecule has 5 aliphatic rings. The van der Waals surface area contributed by atoms with Gasteiger partial charge in [0.15, 0.2) is 11.9 Å². The first-order valence-electron chi connectivity index (χ1n) is 14.3. The lowest BCUT2D eigenvalue weighted by Crippen LogP contribution is -2.70. The van der Waals surface area contributed by atoms with Gasteiger partial charge in [-0.25, -0.2) is 20.0 Å². The van der Waals surface area contributed by atoms with Crippen molar-refractivity contribution < 1.29 is 28.8 Å². The smallest absolute Gasteiger partial charge is 0.339 e. The normalized spacial score (nSPS) is 36.5. The standard InChI is InChI=1S/C31H39N3O6/c1-18-14-19(2)16-23(15-18)33-29(35)34-32-17-22-7-9-24(10-8-22)36-27-21(4)26-11-6-20(3)25-12-13-30(5)38-28(37-27)31(25,26)40-39-30/h7-10,14-17,20-21,25-28H,6,11-13H2,1-5H3,(H2,33,34,35)/b32-17+/t20-,21-,25+,26+,27+,28-,30?,31-/m1/s1. The van der Waals surface area contributed by atoms with E-state index in [-0.39, 0.29) is 11.8 Å². The molecule has 2 N–H and O–H groups in total. The van der Waals surface area contributed by atoms with Gasteiger partial charge < -0.3 is 19.5 Å². The van der Waals surface area contributed by atoms with Crippen LogP contribution in [0.15, 0.2) is 47.6 Å². The number of ether oxygens (including phenoxy) is 3. The number of hydrogen-bond donors (Lipinski definition) is 2. The van der Waals surface area contributed by atoms with Gasteiger partial charge in [0.25, 0.3) is 0 Å². The number of carbonyl (C=O) groups excluding carboxylic acids is 1. The summed E-state index contributed by atoms with van der Waals surface area (Å²) in [6.45, 7) is 10.4. The first-order valence-corrected chi connectivity index (χ1v) is 14.3. The maximum atomic E-state index is 12.2. The SMILES string of the molecule is Cc1cc(C)cc(NC(=O)N/N=C/c2ccc(O[C@H]3O[C@@H]4OC5(C)CC[C@H]6[C@H](C)CC[C@@H]([C@H]3C)[C@@]46OO5)cc2)c1. The van der Waals surface area contributed by atoms with E-state index in [0.717, 1.165) is 48.1 Å². The molecule has 4 aliphatic heterocycles. The predicted octanol–water partition coefficient (Wildman–Crippen LogP) is 6.05. The fraction of sp³-hybridized carbons (Fsp3) is 0.548. The van der Waals surface area contributed by atoms with Crippen molar-refractivity contribution in [2.75, 3.05) is 5.32 Å². The number of nitrogens with zero attached hydrogens (tertiary/aromatic N) is 1. The van der Waals surface area contributed by atoms with Crippen molar-refractivity contribution in [2.45, 2.75) is 84.3 Å². The molecule has 2 bridgehead atoms. The molecule has 9 nitrogen and oxygen atoms in total. The van der Waals surface area contributed by atoms with Crippen LogP contribution < -0.4 is 15.5 Å². The van der Waals surface area contributed by atoms with Crippen LogP contribution in [0.4, 0.5) is 10.5 Å². The molecule has 0 aromatic heterocycles. The van der Waals surface area contributed by atoms with Crippen LogP contribution in [0.3, 0.4) is 0 Å². The van der Waals surface area contributed by atoms with Crippen LogP contribution in [0.5, 0.6) is 5.75 Å². The van der Waals surface area contributed by atoms with Crippen molar-refractivity contribution >= 4 is 17.9 Å². The molecule has 4 heterocycles. The molecular weight excluding hydrogens is 510 g/mol. The second-order valence-corrected chi connectivity index (χ2v) is 12.2. The van der Waals surface area contributed by atoms with Gasteiger partial charge in [0.1, 0.15) is 5.75 Å². The number of anilines is 1. The largest absolute Gasteiger partial charge is 0.465 e. The summed E-state index contributed by atoms with van der Waals surface area (Å²) in [5.74, 6) is 0.997. The molecule has 1 saturated carbocycles. The highest BCUT2D eigenvalue weighted by molar-refractivity contribution is 5.90. The molecule has 214 valence electrons. The lowest BCUT2D eigenvalue weighted by Gasteiger charge is -2.60. The number of fused-ring (bicyclic) bond motifs is 2. The zero-order chi connectivity index (χ0) is 28.1. The second kappa shape index (κ2) is 10.4. The molecule has 2 amide bonds. The van der Waals surface area contributed by atoms with Gasteiger partial charge in [-0.15, -0.1) is 0 Å². The van der Waals surface area contributed by atoms with Gasteiger partial charge in [0, 0.05) is 23.9 Å². The van der Waals surface area contributed by atoms with Gasteiger partial charge in [0.05, 0.1) is 6.21 Å². The first-order chi connectivity index (χ1) is 19.1.